The summed E-state index contributed by atoms with van der Waals surface area (Å²) in [6, 6.07) is 10.3. The number of methoxy groups -OCH3 is 1. The molecule has 0 fully saturated rings. The minimum Gasteiger partial charge on any atom is -0.497 e. The maximum absolute atomic E-state index is 10.6. The van der Waals surface area contributed by atoms with E-state index in [0.717, 1.165) is 22.7 Å². The Morgan fingerprint density at radius 3 is 2.57 bits per heavy atom. The quantitative estimate of drug-likeness (QED) is 0.652. The Morgan fingerprint density at radius 2 is 1.95 bits per heavy atom. The molecule has 0 saturated carbocycles. The Balaban J connectivity index is 1.92. The lowest BCUT2D eigenvalue weighted by molar-refractivity contribution is -0.384. The molecular weight excluding hydrogens is 270 g/mol. The second kappa shape index (κ2) is 6.81. The van der Waals surface area contributed by atoms with Gasteiger partial charge in [-0.05, 0) is 12.5 Å². The zero-order valence-corrected chi connectivity index (χ0v) is 12.0. The number of non-ortho nitro benzene ring substituents is 1. The molecule has 0 spiro atoms. The van der Waals surface area contributed by atoms with Crippen LogP contribution in [0, 0.1) is 17.0 Å². The molecule has 1 heterocycles. The summed E-state index contributed by atoms with van der Waals surface area (Å²) in [6.45, 7) is 3.15. The van der Waals surface area contributed by atoms with Gasteiger partial charge in [-0.1, -0.05) is 12.1 Å². The number of aromatic nitrogens is 1. The average molecular weight is 287 g/mol. The molecular formula is C15H17N3O3. The number of benzene rings is 1. The number of nitrogens with zero attached hydrogens (tertiary/aromatic N) is 2. The summed E-state index contributed by atoms with van der Waals surface area (Å²) in [5, 5.41) is 13.8. The lowest BCUT2D eigenvalue weighted by Gasteiger charge is -2.07. The van der Waals surface area contributed by atoms with Crippen LogP contribution in [-0.2, 0) is 13.1 Å². The van der Waals surface area contributed by atoms with Crippen molar-refractivity contribution in [1.82, 2.24) is 10.3 Å². The largest absolute Gasteiger partial charge is 0.497 e. The van der Waals surface area contributed by atoms with Gasteiger partial charge in [0, 0.05) is 43.0 Å². The van der Waals surface area contributed by atoms with Gasteiger partial charge in [-0.25, -0.2) is 0 Å². The van der Waals surface area contributed by atoms with Gasteiger partial charge in [-0.2, -0.15) is 0 Å². The van der Waals surface area contributed by atoms with Crippen molar-refractivity contribution in [3.8, 4) is 5.75 Å². The van der Waals surface area contributed by atoms with Crippen LogP contribution in [0.1, 0.15) is 17.0 Å². The summed E-state index contributed by atoms with van der Waals surface area (Å²) in [5.41, 5.74) is 2.89. The van der Waals surface area contributed by atoms with Gasteiger partial charge < -0.3 is 10.1 Å². The Hall–Kier alpha value is -2.47. The average Bonchev–Trinajstić information content (AvgIpc) is 2.47. The van der Waals surface area contributed by atoms with Gasteiger partial charge in [0.05, 0.1) is 17.7 Å². The number of nitrogens with one attached hydrogen (secondary N) is 1. The molecule has 1 N–H and O–H groups in total. The molecule has 0 bridgehead atoms. The fourth-order valence-electron chi connectivity index (χ4n) is 1.98. The molecule has 0 aliphatic carbocycles. The van der Waals surface area contributed by atoms with E-state index in [1.54, 1.807) is 19.2 Å². The highest BCUT2D eigenvalue weighted by molar-refractivity contribution is 5.33. The van der Waals surface area contributed by atoms with Gasteiger partial charge in [0.25, 0.3) is 5.69 Å². The zero-order chi connectivity index (χ0) is 15.2. The van der Waals surface area contributed by atoms with Gasteiger partial charge in [0.1, 0.15) is 5.75 Å². The van der Waals surface area contributed by atoms with Gasteiger partial charge in [-0.15, -0.1) is 0 Å². The predicted molar refractivity (Wildman–Crippen MR) is 79.2 cm³/mol. The van der Waals surface area contributed by atoms with Crippen molar-refractivity contribution in [3.05, 3.63) is 63.5 Å². The van der Waals surface area contributed by atoms with E-state index in [1.807, 2.05) is 19.1 Å². The molecule has 1 aromatic heterocycles. The second-order valence-electron chi connectivity index (χ2n) is 4.67. The van der Waals surface area contributed by atoms with Crippen molar-refractivity contribution < 1.29 is 9.66 Å². The Labute approximate surface area is 122 Å². The van der Waals surface area contributed by atoms with Crippen LogP contribution in [-0.4, -0.2) is 17.0 Å². The number of aryl methyl sites for hydroxylation is 1. The van der Waals surface area contributed by atoms with Crippen LogP contribution in [0.5, 0.6) is 5.75 Å². The third kappa shape index (κ3) is 4.25. The van der Waals surface area contributed by atoms with E-state index in [9.17, 15) is 10.1 Å². The number of nitro benzene ring substituents is 1. The van der Waals surface area contributed by atoms with Gasteiger partial charge >= 0.3 is 0 Å². The molecule has 0 unspecified atom stereocenters. The highest BCUT2D eigenvalue weighted by atomic mass is 16.6. The Bertz CT molecular complexity index is 627. The van der Waals surface area contributed by atoms with Crippen LogP contribution in [0.3, 0.4) is 0 Å². The minimum atomic E-state index is -0.403. The normalized spacial score (nSPS) is 10.4. The van der Waals surface area contributed by atoms with E-state index in [2.05, 4.69) is 10.3 Å². The van der Waals surface area contributed by atoms with Crippen LogP contribution in [0.4, 0.5) is 5.69 Å². The minimum absolute atomic E-state index is 0.101. The lowest BCUT2D eigenvalue weighted by Crippen LogP contribution is -2.14. The van der Waals surface area contributed by atoms with Crippen LogP contribution in [0.25, 0.3) is 0 Å². The van der Waals surface area contributed by atoms with Crippen molar-refractivity contribution >= 4 is 5.69 Å². The highest BCUT2D eigenvalue weighted by Gasteiger charge is 2.04. The molecule has 0 amide bonds. The number of ether oxygens (including phenoxy) is 1. The van der Waals surface area contributed by atoms with E-state index in [0.29, 0.717) is 13.1 Å². The third-order valence-electron chi connectivity index (χ3n) is 3.00. The third-order valence-corrected chi connectivity index (χ3v) is 3.00. The number of hydrogen-bond acceptors (Lipinski definition) is 5. The van der Waals surface area contributed by atoms with Crippen LogP contribution < -0.4 is 10.1 Å². The van der Waals surface area contributed by atoms with E-state index in [4.69, 9.17) is 4.74 Å². The summed E-state index contributed by atoms with van der Waals surface area (Å²) in [6.07, 6.45) is 0. The molecule has 0 radical (unpaired) electrons. The maximum atomic E-state index is 10.6. The number of nitro groups is 1. The van der Waals surface area contributed by atoms with Crippen molar-refractivity contribution in [1.29, 1.82) is 0 Å². The van der Waals surface area contributed by atoms with Gasteiger partial charge in [0.2, 0.25) is 0 Å². The van der Waals surface area contributed by atoms with E-state index >= 15 is 0 Å². The van der Waals surface area contributed by atoms with Gasteiger partial charge in [0.15, 0.2) is 0 Å². The molecule has 6 heteroatoms. The van der Waals surface area contributed by atoms with E-state index in [1.165, 1.54) is 12.1 Å². The van der Waals surface area contributed by atoms with Gasteiger partial charge in [-0.3, -0.25) is 15.1 Å². The monoisotopic (exact) mass is 287 g/mol. The molecule has 1 aromatic carbocycles. The smallest absolute Gasteiger partial charge is 0.269 e. The first-order valence-corrected chi connectivity index (χ1v) is 6.54. The van der Waals surface area contributed by atoms with E-state index < -0.39 is 4.92 Å². The maximum Gasteiger partial charge on any atom is 0.269 e. The van der Waals surface area contributed by atoms with Crippen molar-refractivity contribution in [3.63, 3.8) is 0 Å². The number of pyridine rings is 1. The lowest BCUT2D eigenvalue weighted by atomic mass is 10.2. The predicted octanol–water partition coefficient (Wildman–Crippen LogP) is 2.60. The second-order valence-corrected chi connectivity index (χ2v) is 4.67. The first-order valence-electron chi connectivity index (χ1n) is 6.54. The van der Waals surface area contributed by atoms with E-state index in [-0.39, 0.29) is 5.69 Å². The summed E-state index contributed by atoms with van der Waals surface area (Å²) in [4.78, 5) is 14.6. The standard InChI is InChI=1S/C15H17N3O3/c1-11-7-15(21-2)8-13(17-11)10-16-9-12-3-5-14(6-4-12)18(19)20/h3-8,16H,9-10H2,1-2H3. The molecule has 6 nitrogen and oxygen atoms in total. The van der Waals surface area contributed by atoms with Crippen LogP contribution in [0.2, 0.25) is 0 Å². The first kappa shape index (κ1) is 14.9. The molecule has 2 aromatic rings. The molecule has 2 rings (SSSR count). The van der Waals surface area contributed by atoms with Crippen LogP contribution >= 0.6 is 0 Å². The highest BCUT2D eigenvalue weighted by Crippen LogP contribution is 2.14. The molecule has 21 heavy (non-hydrogen) atoms. The van der Waals surface area contributed by atoms with Crippen molar-refractivity contribution in [2.45, 2.75) is 20.0 Å². The molecule has 0 aliphatic rings. The summed E-state index contributed by atoms with van der Waals surface area (Å²) >= 11 is 0. The summed E-state index contributed by atoms with van der Waals surface area (Å²) in [7, 11) is 1.63. The van der Waals surface area contributed by atoms with Crippen LogP contribution in [0.15, 0.2) is 36.4 Å². The zero-order valence-electron chi connectivity index (χ0n) is 12.0. The summed E-state index contributed by atoms with van der Waals surface area (Å²) in [5.74, 6) is 0.787. The fraction of sp³-hybridized carbons (Fsp3) is 0.267. The fourth-order valence-corrected chi connectivity index (χ4v) is 1.98. The number of rotatable bonds is 6. The molecule has 0 saturated heterocycles. The van der Waals surface area contributed by atoms with Crippen molar-refractivity contribution in [2.75, 3.05) is 7.11 Å². The van der Waals surface area contributed by atoms with Crippen molar-refractivity contribution in [2.24, 2.45) is 0 Å². The summed E-state index contributed by atoms with van der Waals surface area (Å²) < 4.78 is 5.20. The molecule has 110 valence electrons. The Kier molecular flexibility index (Phi) is 4.84. The SMILES string of the molecule is COc1cc(C)nc(CNCc2ccc([N+](=O)[O-])cc2)c1. The molecule has 0 aliphatic heterocycles. The topological polar surface area (TPSA) is 77.3 Å². The number of hydrogen-bond donors (Lipinski definition) is 1. The Morgan fingerprint density at radius 1 is 1.24 bits per heavy atom. The first-order chi connectivity index (χ1) is 10.1. The molecule has 0 atom stereocenters.